The monoisotopic (exact) mass is 438 g/mol. The Kier molecular flexibility index (Phi) is 5.60. The average molecular weight is 440 g/mol. The van der Waals surface area contributed by atoms with Crippen LogP contribution >= 0.6 is 34.8 Å². The fraction of sp³-hybridized carbons (Fsp3) is 0.111. The minimum Gasteiger partial charge on any atom is -0.369 e. The molecule has 7 nitrogen and oxygen atoms in total. The van der Waals surface area contributed by atoms with Crippen molar-refractivity contribution in [3.63, 3.8) is 0 Å². The van der Waals surface area contributed by atoms with Gasteiger partial charge in [-0.05, 0) is 29.8 Å². The smallest absolute Gasteiger partial charge is 0.351 e. The van der Waals surface area contributed by atoms with Gasteiger partial charge in [-0.3, -0.25) is 14.2 Å². The summed E-state index contributed by atoms with van der Waals surface area (Å²) in [5, 5.41) is 4.54. The molecule has 0 saturated carbocycles. The summed E-state index contributed by atoms with van der Waals surface area (Å²) in [5.74, 6) is -1.58. The quantitative estimate of drug-likeness (QED) is 0.675. The van der Waals surface area contributed by atoms with Gasteiger partial charge < -0.3 is 5.73 Å². The Morgan fingerprint density at radius 3 is 2.18 bits per heavy atom. The molecule has 0 fully saturated rings. The fourth-order valence-electron chi connectivity index (χ4n) is 2.75. The van der Waals surface area contributed by atoms with Crippen LogP contribution in [-0.2, 0) is 11.8 Å². The molecular weight excluding hydrogens is 427 g/mol. The third-order valence-electron chi connectivity index (χ3n) is 4.17. The minimum absolute atomic E-state index is 0.115. The van der Waals surface area contributed by atoms with E-state index in [1.165, 1.54) is 19.2 Å². The lowest BCUT2D eigenvalue weighted by atomic mass is 9.90. The van der Waals surface area contributed by atoms with Gasteiger partial charge in [0.05, 0.1) is 11.6 Å². The lowest BCUT2D eigenvalue weighted by Crippen LogP contribution is -2.38. The predicted molar refractivity (Wildman–Crippen MR) is 108 cm³/mol. The van der Waals surface area contributed by atoms with E-state index in [0.717, 1.165) is 15.4 Å². The molecule has 10 heteroatoms. The molecule has 3 aromatic rings. The summed E-state index contributed by atoms with van der Waals surface area (Å²) in [6.07, 6.45) is 0.997. The van der Waals surface area contributed by atoms with E-state index in [0.29, 0.717) is 16.1 Å². The zero-order valence-electron chi connectivity index (χ0n) is 14.4. The van der Waals surface area contributed by atoms with E-state index in [4.69, 9.17) is 40.5 Å². The van der Waals surface area contributed by atoms with E-state index in [-0.39, 0.29) is 15.7 Å². The Hall–Kier alpha value is -2.61. The Bertz CT molecular complexity index is 1160. The van der Waals surface area contributed by atoms with Gasteiger partial charge in [-0.25, -0.2) is 4.79 Å². The first-order chi connectivity index (χ1) is 13.2. The maximum atomic E-state index is 12.3. The number of nitrogens with zero attached hydrogens (tertiary/aromatic N) is 3. The number of carbonyl (C=O) groups excluding carboxylic acids is 1. The highest BCUT2D eigenvalue weighted by Crippen LogP contribution is 2.37. The van der Waals surface area contributed by atoms with Crippen LogP contribution in [0, 0.1) is 0 Å². The summed E-state index contributed by atoms with van der Waals surface area (Å²) in [4.78, 5) is 36.0. The number of aromatic nitrogens is 3. The SMILES string of the molecule is Cn1c(=O)cnn(-c2cc(Cl)c(C(C(N)=O)c3ccc(Cl)cc3)c(Cl)c2)c1=O. The lowest BCUT2D eigenvalue weighted by Gasteiger charge is -2.19. The Balaban J connectivity index is 2.18. The molecule has 0 aliphatic rings. The van der Waals surface area contributed by atoms with Crippen molar-refractivity contribution < 1.29 is 4.79 Å². The van der Waals surface area contributed by atoms with Gasteiger partial charge in [0.1, 0.15) is 6.20 Å². The molecule has 2 N–H and O–H groups in total. The van der Waals surface area contributed by atoms with Crippen molar-refractivity contribution in [2.75, 3.05) is 0 Å². The van der Waals surface area contributed by atoms with Crippen LogP contribution in [0.4, 0.5) is 0 Å². The topological polar surface area (TPSA) is 100.0 Å². The molecule has 3 rings (SSSR count). The number of hydrogen-bond acceptors (Lipinski definition) is 4. The molecule has 2 aromatic carbocycles. The number of benzene rings is 2. The summed E-state index contributed by atoms with van der Waals surface area (Å²) in [6.45, 7) is 0. The Labute approximate surface area is 173 Å². The summed E-state index contributed by atoms with van der Waals surface area (Å²) in [7, 11) is 1.32. The van der Waals surface area contributed by atoms with Crippen molar-refractivity contribution in [3.05, 3.63) is 89.6 Å². The van der Waals surface area contributed by atoms with Gasteiger partial charge in [-0.15, -0.1) is 0 Å². The molecule has 0 aliphatic heterocycles. The zero-order valence-corrected chi connectivity index (χ0v) is 16.7. The van der Waals surface area contributed by atoms with E-state index in [1.807, 2.05) is 0 Å². The average Bonchev–Trinajstić information content (AvgIpc) is 2.63. The van der Waals surface area contributed by atoms with Crippen LogP contribution in [0.3, 0.4) is 0 Å². The summed E-state index contributed by atoms with van der Waals surface area (Å²) in [5.41, 5.74) is 5.46. The number of amides is 1. The van der Waals surface area contributed by atoms with Gasteiger partial charge >= 0.3 is 5.69 Å². The highest BCUT2D eigenvalue weighted by atomic mass is 35.5. The number of hydrogen-bond donors (Lipinski definition) is 1. The number of nitrogens with two attached hydrogens (primary N) is 1. The predicted octanol–water partition coefficient (Wildman–Crippen LogP) is 2.51. The van der Waals surface area contributed by atoms with Crippen LogP contribution in [0.25, 0.3) is 5.69 Å². The maximum Gasteiger partial charge on any atom is 0.351 e. The van der Waals surface area contributed by atoms with Crippen LogP contribution in [-0.4, -0.2) is 20.3 Å². The normalized spacial score (nSPS) is 12.0. The number of rotatable bonds is 4. The molecule has 1 aromatic heterocycles. The molecule has 0 radical (unpaired) electrons. The molecule has 144 valence electrons. The van der Waals surface area contributed by atoms with Crippen LogP contribution in [0.5, 0.6) is 0 Å². The van der Waals surface area contributed by atoms with E-state index in [2.05, 4.69) is 5.10 Å². The van der Waals surface area contributed by atoms with Crippen molar-refractivity contribution >= 4 is 40.7 Å². The third-order valence-corrected chi connectivity index (χ3v) is 5.04. The lowest BCUT2D eigenvalue weighted by molar-refractivity contribution is -0.118. The van der Waals surface area contributed by atoms with Crippen LogP contribution in [0.1, 0.15) is 17.0 Å². The highest BCUT2D eigenvalue weighted by Gasteiger charge is 2.26. The number of halogens is 3. The number of primary amides is 1. The van der Waals surface area contributed by atoms with Crippen LogP contribution in [0.2, 0.25) is 15.1 Å². The first kappa shape index (κ1) is 20.1. The molecule has 1 atom stereocenters. The molecule has 1 heterocycles. The van der Waals surface area contributed by atoms with Gasteiger partial charge in [0, 0.05) is 27.7 Å². The van der Waals surface area contributed by atoms with Crippen molar-refractivity contribution in [2.45, 2.75) is 5.92 Å². The Morgan fingerprint density at radius 1 is 1.07 bits per heavy atom. The molecule has 28 heavy (non-hydrogen) atoms. The van der Waals surface area contributed by atoms with E-state index in [1.54, 1.807) is 24.3 Å². The first-order valence-corrected chi connectivity index (χ1v) is 9.03. The van der Waals surface area contributed by atoms with Crippen LogP contribution in [0.15, 0.2) is 52.2 Å². The minimum atomic E-state index is -0.920. The standard InChI is InChI=1S/C18H13Cl3N4O3/c1-24-14(26)8-23-25(18(24)28)11-6-12(20)16(13(21)7-11)15(17(22)27)9-2-4-10(19)5-3-9/h2-8,15H,1H3,(H2,22,27). The summed E-state index contributed by atoms with van der Waals surface area (Å²) in [6, 6.07) is 9.39. The molecule has 1 amide bonds. The van der Waals surface area contributed by atoms with E-state index in [9.17, 15) is 14.4 Å². The second-order valence-corrected chi connectivity index (χ2v) is 7.20. The summed E-state index contributed by atoms with van der Waals surface area (Å²) >= 11 is 18.7. The molecular formula is C18H13Cl3N4O3. The van der Waals surface area contributed by atoms with Gasteiger partial charge in [-0.1, -0.05) is 46.9 Å². The van der Waals surface area contributed by atoms with Gasteiger partial charge in [0.15, 0.2) is 0 Å². The molecule has 0 aliphatic carbocycles. The first-order valence-electron chi connectivity index (χ1n) is 7.90. The van der Waals surface area contributed by atoms with E-state index < -0.39 is 23.1 Å². The molecule has 0 saturated heterocycles. The van der Waals surface area contributed by atoms with Gasteiger partial charge in [0.25, 0.3) is 5.56 Å². The second kappa shape index (κ2) is 7.79. The van der Waals surface area contributed by atoms with Crippen LogP contribution < -0.4 is 17.0 Å². The largest absolute Gasteiger partial charge is 0.369 e. The maximum absolute atomic E-state index is 12.3. The Morgan fingerprint density at radius 2 is 1.64 bits per heavy atom. The van der Waals surface area contributed by atoms with Crippen molar-refractivity contribution in [2.24, 2.45) is 12.8 Å². The zero-order chi connectivity index (χ0) is 20.6. The van der Waals surface area contributed by atoms with Crippen molar-refractivity contribution in [3.8, 4) is 5.69 Å². The van der Waals surface area contributed by atoms with Crippen molar-refractivity contribution in [1.82, 2.24) is 14.3 Å². The fourth-order valence-corrected chi connectivity index (χ4v) is 3.57. The number of carbonyl (C=O) groups is 1. The second-order valence-electron chi connectivity index (χ2n) is 5.95. The van der Waals surface area contributed by atoms with Crippen molar-refractivity contribution in [1.29, 1.82) is 0 Å². The third kappa shape index (κ3) is 3.69. The molecule has 0 bridgehead atoms. The molecule has 0 spiro atoms. The highest BCUT2D eigenvalue weighted by molar-refractivity contribution is 6.37. The van der Waals surface area contributed by atoms with Gasteiger partial charge in [-0.2, -0.15) is 9.78 Å². The van der Waals surface area contributed by atoms with Gasteiger partial charge in [0.2, 0.25) is 5.91 Å². The molecule has 1 unspecified atom stereocenters. The van der Waals surface area contributed by atoms with E-state index >= 15 is 0 Å². The summed E-state index contributed by atoms with van der Waals surface area (Å²) < 4.78 is 1.87.